The predicted octanol–water partition coefficient (Wildman–Crippen LogP) is 3.54. The molecule has 0 saturated carbocycles. The fourth-order valence-corrected chi connectivity index (χ4v) is 3.84. The van der Waals surface area contributed by atoms with Gasteiger partial charge in [0.05, 0.1) is 18.7 Å². The second-order valence-electron chi connectivity index (χ2n) is 5.92. The van der Waals surface area contributed by atoms with Crippen molar-refractivity contribution in [2.24, 2.45) is 0 Å². The number of rotatable bonds is 5. The van der Waals surface area contributed by atoms with Crippen LogP contribution < -0.4 is 0 Å². The van der Waals surface area contributed by atoms with Gasteiger partial charge in [0.2, 0.25) is 0 Å². The maximum Gasteiger partial charge on any atom is 0.319 e. The van der Waals surface area contributed by atoms with Crippen LogP contribution in [0.15, 0.2) is 59.8 Å². The van der Waals surface area contributed by atoms with E-state index in [1.165, 1.54) is 17.8 Å². The minimum absolute atomic E-state index is 0.239. The Morgan fingerprint density at radius 3 is 2.62 bits per heavy atom. The lowest BCUT2D eigenvalue weighted by molar-refractivity contribution is -0.137. The standard InChI is InChI=1S/C19H16FN3O2S/c20-15-9-5-4-8-14(15)17-21-22-19(26-16-10-11-25-18(16)24)23(17)12-13-6-2-1-3-7-13/h1-9,16H,10-12H2/t16-/m1/s1. The fraction of sp³-hybridized carbons (Fsp3) is 0.211. The maximum atomic E-state index is 14.3. The van der Waals surface area contributed by atoms with Gasteiger partial charge in [0.1, 0.15) is 11.1 Å². The fourth-order valence-electron chi connectivity index (χ4n) is 2.84. The third-order valence-electron chi connectivity index (χ3n) is 4.15. The number of carbonyl (C=O) groups excluding carboxylic acids is 1. The van der Waals surface area contributed by atoms with E-state index < -0.39 is 0 Å². The highest BCUT2D eigenvalue weighted by Gasteiger charge is 2.30. The molecule has 7 heteroatoms. The molecule has 1 atom stereocenters. The molecular formula is C19H16FN3O2S. The van der Waals surface area contributed by atoms with E-state index in [9.17, 15) is 9.18 Å². The van der Waals surface area contributed by atoms with Crippen molar-refractivity contribution in [3.8, 4) is 11.4 Å². The molecule has 1 aliphatic heterocycles. The van der Waals surface area contributed by atoms with Crippen LogP contribution in [0, 0.1) is 5.82 Å². The van der Waals surface area contributed by atoms with Crippen LogP contribution in [0.25, 0.3) is 11.4 Å². The largest absolute Gasteiger partial charge is 0.465 e. The van der Waals surface area contributed by atoms with Crippen LogP contribution in [0.4, 0.5) is 4.39 Å². The Labute approximate surface area is 154 Å². The van der Waals surface area contributed by atoms with Gasteiger partial charge in [-0.3, -0.25) is 9.36 Å². The van der Waals surface area contributed by atoms with Crippen LogP contribution in [0.5, 0.6) is 0 Å². The number of hydrogen-bond acceptors (Lipinski definition) is 5. The molecule has 0 N–H and O–H groups in total. The minimum atomic E-state index is -0.356. The van der Waals surface area contributed by atoms with Gasteiger partial charge in [-0.2, -0.15) is 0 Å². The molecule has 5 nitrogen and oxygen atoms in total. The van der Waals surface area contributed by atoms with Gasteiger partial charge in [-0.15, -0.1) is 10.2 Å². The zero-order valence-electron chi connectivity index (χ0n) is 13.8. The Bertz CT molecular complexity index is 930. The molecule has 0 unspecified atom stereocenters. The molecule has 4 rings (SSSR count). The first kappa shape index (κ1) is 16.8. The van der Waals surface area contributed by atoms with Crippen LogP contribution in [0.2, 0.25) is 0 Å². The Hall–Kier alpha value is -2.67. The highest BCUT2D eigenvalue weighted by Crippen LogP contribution is 2.32. The smallest absolute Gasteiger partial charge is 0.319 e. The highest BCUT2D eigenvalue weighted by molar-refractivity contribution is 8.00. The summed E-state index contributed by atoms with van der Waals surface area (Å²) >= 11 is 1.32. The first-order chi connectivity index (χ1) is 12.7. The summed E-state index contributed by atoms with van der Waals surface area (Å²) < 4.78 is 21.2. The second-order valence-corrected chi connectivity index (χ2v) is 7.09. The summed E-state index contributed by atoms with van der Waals surface area (Å²) in [5.74, 6) is -0.149. The van der Waals surface area contributed by atoms with E-state index in [1.807, 2.05) is 34.9 Å². The summed E-state index contributed by atoms with van der Waals surface area (Å²) in [5, 5.41) is 8.72. The summed E-state index contributed by atoms with van der Waals surface area (Å²) in [7, 11) is 0. The van der Waals surface area contributed by atoms with E-state index in [1.54, 1.807) is 18.2 Å². The highest BCUT2D eigenvalue weighted by atomic mass is 32.2. The van der Waals surface area contributed by atoms with Crippen molar-refractivity contribution in [2.45, 2.75) is 23.4 Å². The minimum Gasteiger partial charge on any atom is -0.465 e. The Morgan fingerprint density at radius 1 is 1.12 bits per heavy atom. The number of thioether (sulfide) groups is 1. The molecule has 0 spiro atoms. The van der Waals surface area contributed by atoms with Crippen molar-refractivity contribution >= 4 is 17.7 Å². The van der Waals surface area contributed by atoms with Crippen molar-refractivity contribution in [1.82, 2.24) is 14.8 Å². The molecule has 0 amide bonds. The van der Waals surface area contributed by atoms with E-state index in [4.69, 9.17) is 4.74 Å². The number of cyclic esters (lactones) is 1. The molecule has 0 radical (unpaired) electrons. The lowest BCUT2D eigenvalue weighted by Crippen LogP contribution is -2.12. The van der Waals surface area contributed by atoms with E-state index in [0.29, 0.717) is 36.1 Å². The molecule has 1 aliphatic rings. The van der Waals surface area contributed by atoms with Crippen LogP contribution in [-0.2, 0) is 16.1 Å². The summed E-state index contributed by atoms with van der Waals surface area (Å²) in [5.41, 5.74) is 1.43. The number of ether oxygens (including phenoxy) is 1. The van der Waals surface area contributed by atoms with Gasteiger partial charge >= 0.3 is 5.97 Å². The number of hydrogen-bond donors (Lipinski definition) is 0. The summed E-state index contributed by atoms with van der Waals surface area (Å²) in [6, 6.07) is 16.3. The molecule has 1 fully saturated rings. The van der Waals surface area contributed by atoms with Gasteiger partial charge < -0.3 is 4.74 Å². The Morgan fingerprint density at radius 2 is 1.88 bits per heavy atom. The lowest BCUT2D eigenvalue weighted by atomic mass is 10.2. The average Bonchev–Trinajstić information content (AvgIpc) is 3.24. The molecule has 3 aromatic rings. The summed E-state index contributed by atoms with van der Waals surface area (Å²) in [6.45, 7) is 0.908. The van der Waals surface area contributed by atoms with Crippen LogP contribution in [0.3, 0.4) is 0 Å². The average molecular weight is 369 g/mol. The number of nitrogens with zero attached hydrogens (tertiary/aromatic N) is 3. The van der Waals surface area contributed by atoms with E-state index in [0.717, 1.165) is 5.56 Å². The van der Waals surface area contributed by atoms with Crippen LogP contribution >= 0.6 is 11.8 Å². The van der Waals surface area contributed by atoms with Gasteiger partial charge in [0.25, 0.3) is 0 Å². The molecular weight excluding hydrogens is 353 g/mol. The molecule has 1 saturated heterocycles. The van der Waals surface area contributed by atoms with Gasteiger partial charge in [0.15, 0.2) is 11.0 Å². The molecule has 1 aromatic heterocycles. The maximum absolute atomic E-state index is 14.3. The topological polar surface area (TPSA) is 57.0 Å². The Kier molecular flexibility index (Phi) is 4.71. The SMILES string of the molecule is O=C1OCC[C@H]1Sc1nnc(-c2ccccc2F)n1Cc1ccccc1. The molecule has 2 aromatic carbocycles. The molecule has 2 heterocycles. The van der Waals surface area contributed by atoms with Crippen molar-refractivity contribution in [1.29, 1.82) is 0 Å². The molecule has 26 heavy (non-hydrogen) atoms. The summed E-state index contributed by atoms with van der Waals surface area (Å²) in [4.78, 5) is 11.8. The normalized spacial score (nSPS) is 16.7. The predicted molar refractivity (Wildman–Crippen MR) is 96.2 cm³/mol. The number of halogens is 1. The van der Waals surface area contributed by atoms with Crippen molar-refractivity contribution < 1.29 is 13.9 Å². The quantitative estimate of drug-likeness (QED) is 0.644. The van der Waals surface area contributed by atoms with E-state index in [-0.39, 0.29) is 17.0 Å². The second kappa shape index (κ2) is 7.29. The zero-order chi connectivity index (χ0) is 17.9. The number of benzene rings is 2. The lowest BCUT2D eigenvalue weighted by Gasteiger charge is -2.12. The van der Waals surface area contributed by atoms with Crippen molar-refractivity contribution in [3.63, 3.8) is 0 Å². The number of esters is 1. The number of aromatic nitrogens is 3. The molecule has 0 bridgehead atoms. The molecule has 132 valence electrons. The van der Waals surface area contributed by atoms with Gasteiger partial charge in [-0.1, -0.05) is 54.2 Å². The van der Waals surface area contributed by atoms with E-state index >= 15 is 0 Å². The van der Waals surface area contributed by atoms with Gasteiger partial charge in [0, 0.05) is 6.42 Å². The van der Waals surface area contributed by atoms with Crippen LogP contribution in [0.1, 0.15) is 12.0 Å². The number of carbonyl (C=O) groups is 1. The van der Waals surface area contributed by atoms with Gasteiger partial charge in [-0.25, -0.2) is 4.39 Å². The zero-order valence-corrected chi connectivity index (χ0v) is 14.7. The third kappa shape index (κ3) is 3.35. The van der Waals surface area contributed by atoms with Crippen molar-refractivity contribution in [3.05, 3.63) is 66.0 Å². The van der Waals surface area contributed by atoms with E-state index in [2.05, 4.69) is 10.2 Å². The monoisotopic (exact) mass is 369 g/mol. The third-order valence-corrected chi connectivity index (χ3v) is 5.38. The first-order valence-corrected chi connectivity index (χ1v) is 9.15. The first-order valence-electron chi connectivity index (χ1n) is 8.27. The van der Waals surface area contributed by atoms with Crippen molar-refractivity contribution in [2.75, 3.05) is 6.61 Å². The summed E-state index contributed by atoms with van der Waals surface area (Å²) in [6.07, 6.45) is 0.636. The van der Waals surface area contributed by atoms with Crippen LogP contribution in [-0.4, -0.2) is 32.6 Å². The van der Waals surface area contributed by atoms with Gasteiger partial charge in [-0.05, 0) is 17.7 Å². The molecule has 0 aliphatic carbocycles. The Balaban J connectivity index is 1.74.